The Morgan fingerprint density at radius 3 is 3.00 bits per heavy atom. The number of halogens is 2. The molecule has 1 aliphatic heterocycles. The predicted molar refractivity (Wildman–Crippen MR) is 58.6 cm³/mol. The summed E-state index contributed by atoms with van der Waals surface area (Å²) in [4.78, 5) is 4.32. The van der Waals surface area contributed by atoms with Crippen molar-refractivity contribution in [2.45, 2.75) is 0 Å². The number of hydrogen-bond acceptors (Lipinski definition) is 2. The highest BCUT2D eigenvalue weighted by Gasteiger charge is 2.11. The molecule has 0 saturated carbocycles. The standard InChI is InChI=1S/C9H8BrClN2/c10-8-2-1-6(11)5-7(8)9-12-3-4-13-9/h1-2,5H,3-4H2,(H,12,13). The van der Waals surface area contributed by atoms with Crippen molar-refractivity contribution in [3.63, 3.8) is 0 Å². The summed E-state index contributed by atoms with van der Waals surface area (Å²) in [5.41, 5.74) is 1.03. The van der Waals surface area contributed by atoms with Gasteiger partial charge in [-0.2, -0.15) is 0 Å². The van der Waals surface area contributed by atoms with Gasteiger partial charge in [0.2, 0.25) is 0 Å². The molecule has 0 radical (unpaired) electrons. The molecule has 0 saturated heterocycles. The first-order chi connectivity index (χ1) is 6.27. The van der Waals surface area contributed by atoms with Gasteiger partial charge in [0.1, 0.15) is 5.84 Å². The highest BCUT2D eigenvalue weighted by molar-refractivity contribution is 9.10. The van der Waals surface area contributed by atoms with Crippen LogP contribution >= 0.6 is 27.5 Å². The number of nitrogens with zero attached hydrogens (tertiary/aromatic N) is 1. The molecule has 2 rings (SSSR count). The van der Waals surface area contributed by atoms with E-state index in [-0.39, 0.29) is 0 Å². The minimum atomic E-state index is 0.731. The third kappa shape index (κ3) is 1.86. The fourth-order valence-corrected chi connectivity index (χ4v) is 1.86. The van der Waals surface area contributed by atoms with Gasteiger partial charge in [-0.1, -0.05) is 27.5 Å². The molecule has 1 aromatic rings. The molecule has 1 N–H and O–H groups in total. The van der Waals surface area contributed by atoms with E-state index in [4.69, 9.17) is 11.6 Å². The van der Waals surface area contributed by atoms with Gasteiger partial charge in [-0.15, -0.1) is 0 Å². The molecule has 0 spiro atoms. The van der Waals surface area contributed by atoms with E-state index in [0.29, 0.717) is 0 Å². The topological polar surface area (TPSA) is 24.4 Å². The maximum absolute atomic E-state index is 5.89. The third-order valence-electron chi connectivity index (χ3n) is 1.86. The molecule has 4 heteroatoms. The predicted octanol–water partition coefficient (Wildman–Crippen LogP) is 2.45. The van der Waals surface area contributed by atoms with Gasteiger partial charge in [0.05, 0.1) is 6.54 Å². The Hall–Kier alpha value is -0.540. The van der Waals surface area contributed by atoms with Crippen molar-refractivity contribution in [2.75, 3.05) is 13.1 Å². The van der Waals surface area contributed by atoms with E-state index in [1.54, 1.807) is 0 Å². The Morgan fingerprint density at radius 2 is 2.31 bits per heavy atom. The maximum atomic E-state index is 5.89. The van der Waals surface area contributed by atoms with Crippen molar-refractivity contribution in [2.24, 2.45) is 4.99 Å². The largest absolute Gasteiger partial charge is 0.368 e. The lowest BCUT2D eigenvalue weighted by Crippen LogP contribution is -2.19. The van der Waals surface area contributed by atoms with Crippen molar-refractivity contribution in [3.05, 3.63) is 33.3 Å². The normalized spacial score (nSPS) is 15.4. The van der Waals surface area contributed by atoms with E-state index in [9.17, 15) is 0 Å². The highest BCUT2D eigenvalue weighted by Crippen LogP contribution is 2.21. The average molecular weight is 260 g/mol. The highest BCUT2D eigenvalue weighted by atomic mass is 79.9. The molecular weight excluding hydrogens is 251 g/mol. The lowest BCUT2D eigenvalue weighted by molar-refractivity contribution is 0.960. The van der Waals surface area contributed by atoms with Crippen LogP contribution in [0.5, 0.6) is 0 Å². The molecule has 0 bridgehead atoms. The Morgan fingerprint density at radius 1 is 1.46 bits per heavy atom. The molecule has 0 aliphatic carbocycles. The van der Waals surface area contributed by atoms with Crippen LogP contribution < -0.4 is 5.32 Å². The molecule has 13 heavy (non-hydrogen) atoms. The van der Waals surface area contributed by atoms with Crippen molar-refractivity contribution in [1.29, 1.82) is 0 Å². The number of nitrogens with one attached hydrogen (secondary N) is 1. The monoisotopic (exact) mass is 258 g/mol. The zero-order valence-corrected chi connectivity index (χ0v) is 9.19. The van der Waals surface area contributed by atoms with Crippen LogP contribution in [0, 0.1) is 0 Å². The maximum Gasteiger partial charge on any atom is 0.129 e. The number of aliphatic imine (C=N–C) groups is 1. The van der Waals surface area contributed by atoms with Gasteiger partial charge in [0.25, 0.3) is 0 Å². The molecule has 0 unspecified atom stereocenters. The first-order valence-corrected chi connectivity index (χ1v) is 5.18. The van der Waals surface area contributed by atoms with Crippen LogP contribution in [0.15, 0.2) is 27.7 Å². The van der Waals surface area contributed by atoms with Gasteiger partial charge < -0.3 is 5.32 Å². The van der Waals surface area contributed by atoms with Gasteiger partial charge in [-0.25, -0.2) is 0 Å². The summed E-state index contributed by atoms with van der Waals surface area (Å²) in [5, 5.41) is 3.93. The number of benzene rings is 1. The van der Waals surface area contributed by atoms with Crippen LogP contribution in [-0.2, 0) is 0 Å². The van der Waals surface area contributed by atoms with Crippen LogP contribution in [0.25, 0.3) is 0 Å². The quantitative estimate of drug-likeness (QED) is 0.823. The lowest BCUT2D eigenvalue weighted by Gasteiger charge is -2.05. The van der Waals surface area contributed by atoms with Gasteiger partial charge in [0, 0.05) is 21.6 Å². The lowest BCUT2D eigenvalue weighted by atomic mass is 10.2. The molecule has 1 aliphatic rings. The SMILES string of the molecule is Clc1ccc(Br)c(C2=NCCN2)c1. The third-order valence-corrected chi connectivity index (χ3v) is 2.78. The van der Waals surface area contributed by atoms with Crippen LogP contribution in [0.4, 0.5) is 0 Å². The van der Waals surface area contributed by atoms with Gasteiger partial charge in [-0.05, 0) is 18.2 Å². The Labute approximate surface area is 90.1 Å². The number of hydrogen-bond donors (Lipinski definition) is 1. The van der Waals surface area contributed by atoms with Crippen molar-refractivity contribution in [3.8, 4) is 0 Å². The fourth-order valence-electron chi connectivity index (χ4n) is 1.26. The molecule has 2 nitrogen and oxygen atoms in total. The number of amidine groups is 1. The van der Waals surface area contributed by atoms with Crippen molar-refractivity contribution in [1.82, 2.24) is 5.32 Å². The van der Waals surface area contributed by atoms with Gasteiger partial charge in [-0.3, -0.25) is 4.99 Å². The van der Waals surface area contributed by atoms with Gasteiger partial charge >= 0.3 is 0 Å². The van der Waals surface area contributed by atoms with E-state index < -0.39 is 0 Å². The Balaban J connectivity index is 2.43. The van der Waals surface area contributed by atoms with Crippen LogP contribution in [0.3, 0.4) is 0 Å². The van der Waals surface area contributed by atoms with E-state index in [1.807, 2.05) is 18.2 Å². The molecule has 0 aromatic heterocycles. The smallest absolute Gasteiger partial charge is 0.129 e. The summed E-state index contributed by atoms with van der Waals surface area (Å²) in [6.07, 6.45) is 0. The second kappa shape index (κ2) is 3.68. The summed E-state index contributed by atoms with van der Waals surface area (Å²) >= 11 is 9.35. The molecule has 0 fully saturated rings. The van der Waals surface area contributed by atoms with E-state index in [1.165, 1.54) is 0 Å². The molecule has 68 valence electrons. The first kappa shape index (κ1) is 9.03. The summed E-state index contributed by atoms with van der Waals surface area (Å²) in [6.45, 7) is 1.75. The summed E-state index contributed by atoms with van der Waals surface area (Å²) in [6, 6.07) is 5.69. The zero-order valence-electron chi connectivity index (χ0n) is 6.85. The van der Waals surface area contributed by atoms with E-state index >= 15 is 0 Å². The molecular formula is C9H8BrClN2. The van der Waals surface area contributed by atoms with Gasteiger partial charge in [0.15, 0.2) is 0 Å². The summed E-state index contributed by atoms with van der Waals surface area (Å²) in [7, 11) is 0. The second-order valence-electron chi connectivity index (χ2n) is 2.78. The van der Waals surface area contributed by atoms with Crippen LogP contribution in [0.2, 0.25) is 5.02 Å². The van der Waals surface area contributed by atoms with E-state index in [2.05, 4.69) is 26.2 Å². The van der Waals surface area contributed by atoms with Crippen LogP contribution in [0.1, 0.15) is 5.56 Å². The molecule has 0 amide bonds. The molecule has 1 heterocycles. The minimum Gasteiger partial charge on any atom is -0.368 e. The number of rotatable bonds is 1. The van der Waals surface area contributed by atoms with Crippen molar-refractivity contribution >= 4 is 33.4 Å². The zero-order chi connectivity index (χ0) is 9.26. The first-order valence-electron chi connectivity index (χ1n) is 4.01. The summed E-state index contributed by atoms with van der Waals surface area (Å²) in [5.74, 6) is 0.925. The molecule has 1 aromatic carbocycles. The van der Waals surface area contributed by atoms with Crippen LogP contribution in [-0.4, -0.2) is 18.9 Å². The molecule has 0 atom stereocenters. The van der Waals surface area contributed by atoms with E-state index in [0.717, 1.165) is 34.0 Å². The minimum absolute atomic E-state index is 0.731. The fraction of sp³-hybridized carbons (Fsp3) is 0.222. The average Bonchev–Trinajstić information content (AvgIpc) is 2.61. The Bertz CT molecular complexity index is 363. The second-order valence-corrected chi connectivity index (χ2v) is 4.07. The summed E-state index contributed by atoms with van der Waals surface area (Å²) < 4.78 is 1.02. The Kier molecular flexibility index (Phi) is 2.56. The van der Waals surface area contributed by atoms with Crippen molar-refractivity contribution < 1.29 is 0 Å².